The Kier molecular flexibility index (Phi) is 5.61. The minimum Gasteiger partial charge on any atom is -0.457 e. The standard InChI is InChI=1S/C26H16ClNO2/c27-23-11-5-21(6-12-23)26(29)22-9-15-25(16-10-22)30-24-13-7-20(8-14-24)19-3-1-18(17-28)2-4-19/h1-16H. The van der Waals surface area contributed by atoms with Crippen molar-refractivity contribution in [1.82, 2.24) is 0 Å². The van der Waals surface area contributed by atoms with Crippen LogP contribution in [0.2, 0.25) is 5.02 Å². The van der Waals surface area contributed by atoms with Gasteiger partial charge in [-0.25, -0.2) is 0 Å². The van der Waals surface area contributed by atoms with Crippen LogP contribution in [-0.4, -0.2) is 5.78 Å². The number of ketones is 1. The normalized spacial score (nSPS) is 10.3. The van der Waals surface area contributed by atoms with E-state index < -0.39 is 0 Å². The lowest BCUT2D eigenvalue weighted by Gasteiger charge is -2.08. The van der Waals surface area contributed by atoms with Gasteiger partial charge >= 0.3 is 0 Å². The predicted octanol–water partition coefficient (Wildman–Crippen LogP) is 6.90. The van der Waals surface area contributed by atoms with E-state index in [0.717, 1.165) is 11.1 Å². The molecule has 4 aromatic carbocycles. The van der Waals surface area contributed by atoms with Crippen molar-refractivity contribution in [1.29, 1.82) is 5.26 Å². The van der Waals surface area contributed by atoms with E-state index in [1.54, 1.807) is 60.7 Å². The molecular weight excluding hydrogens is 394 g/mol. The lowest BCUT2D eigenvalue weighted by Crippen LogP contribution is -2.00. The molecule has 3 nitrogen and oxygen atoms in total. The molecule has 4 aromatic rings. The Labute approximate surface area is 179 Å². The van der Waals surface area contributed by atoms with E-state index in [2.05, 4.69) is 6.07 Å². The maximum absolute atomic E-state index is 12.5. The molecule has 0 spiro atoms. The minimum absolute atomic E-state index is 0.0648. The SMILES string of the molecule is N#Cc1ccc(-c2ccc(Oc3ccc(C(=O)c4ccc(Cl)cc4)cc3)cc2)cc1. The van der Waals surface area contributed by atoms with Crippen LogP contribution >= 0.6 is 11.6 Å². The molecule has 4 heteroatoms. The zero-order valence-corrected chi connectivity index (χ0v) is 16.6. The van der Waals surface area contributed by atoms with Gasteiger partial charge < -0.3 is 4.74 Å². The fraction of sp³-hybridized carbons (Fsp3) is 0. The van der Waals surface area contributed by atoms with E-state index in [4.69, 9.17) is 21.6 Å². The van der Waals surface area contributed by atoms with Gasteiger partial charge in [0.1, 0.15) is 11.5 Å². The van der Waals surface area contributed by atoms with Crippen LogP contribution in [0.5, 0.6) is 11.5 Å². The first kappa shape index (κ1) is 19.4. The smallest absolute Gasteiger partial charge is 0.193 e. The average molecular weight is 410 g/mol. The summed E-state index contributed by atoms with van der Waals surface area (Å²) in [6.45, 7) is 0. The number of halogens is 1. The van der Waals surface area contributed by atoms with Gasteiger partial charge in [-0.2, -0.15) is 5.26 Å². The van der Waals surface area contributed by atoms with Crippen molar-refractivity contribution >= 4 is 17.4 Å². The first-order valence-electron chi connectivity index (χ1n) is 9.31. The van der Waals surface area contributed by atoms with Crippen molar-refractivity contribution < 1.29 is 9.53 Å². The molecule has 0 aliphatic heterocycles. The third kappa shape index (κ3) is 4.41. The van der Waals surface area contributed by atoms with Crippen LogP contribution in [0.25, 0.3) is 11.1 Å². The number of benzene rings is 4. The highest BCUT2D eigenvalue weighted by atomic mass is 35.5. The first-order valence-corrected chi connectivity index (χ1v) is 9.69. The summed E-state index contributed by atoms with van der Waals surface area (Å²) in [6, 6.07) is 31.1. The number of carbonyl (C=O) groups excluding carboxylic acids is 1. The highest BCUT2D eigenvalue weighted by Gasteiger charge is 2.09. The fourth-order valence-corrected chi connectivity index (χ4v) is 3.16. The van der Waals surface area contributed by atoms with Crippen LogP contribution in [0.1, 0.15) is 21.5 Å². The lowest BCUT2D eigenvalue weighted by atomic mass is 10.0. The Balaban J connectivity index is 1.44. The van der Waals surface area contributed by atoms with E-state index in [0.29, 0.717) is 33.2 Å². The maximum Gasteiger partial charge on any atom is 0.193 e. The zero-order chi connectivity index (χ0) is 20.9. The molecular formula is C26H16ClNO2. The monoisotopic (exact) mass is 409 g/mol. The van der Waals surface area contributed by atoms with Gasteiger partial charge in [0.05, 0.1) is 11.6 Å². The van der Waals surface area contributed by atoms with Crippen molar-refractivity contribution in [2.45, 2.75) is 0 Å². The molecule has 0 saturated carbocycles. The Bertz CT molecular complexity index is 1200. The molecule has 0 atom stereocenters. The Morgan fingerprint density at radius 2 is 1.10 bits per heavy atom. The number of carbonyl (C=O) groups is 1. The van der Waals surface area contributed by atoms with E-state index in [1.165, 1.54) is 0 Å². The van der Waals surface area contributed by atoms with Crippen LogP contribution < -0.4 is 4.74 Å². The fourth-order valence-electron chi connectivity index (χ4n) is 3.03. The predicted molar refractivity (Wildman–Crippen MR) is 118 cm³/mol. The van der Waals surface area contributed by atoms with Crippen LogP contribution in [0.3, 0.4) is 0 Å². The van der Waals surface area contributed by atoms with Crippen molar-refractivity contribution in [3.8, 4) is 28.7 Å². The van der Waals surface area contributed by atoms with Gasteiger partial charge in [-0.15, -0.1) is 0 Å². The third-order valence-electron chi connectivity index (χ3n) is 4.66. The van der Waals surface area contributed by atoms with Crippen molar-refractivity contribution in [3.63, 3.8) is 0 Å². The third-order valence-corrected chi connectivity index (χ3v) is 4.91. The summed E-state index contributed by atoms with van der Waals surface area (Å²) < 4.78 is 5.89. The first-order chi connectivity index (χ1) is 14.6. The summed E-state index contributed by atoms with van der Waals surface area (Å²) in [4.78, 5) is 12.5. The van der Waals surface area contributed by atoms with E-state index >= 15 is 0 Å². The maximum atomic E-state index is 12.5. The molecule has 0 saturated heterocycles. The van der Waals surface area contributed by atoms with Gasteiger partial charge in [0.2, 0.25) is 0 Å². The van der Waals surface area contributed by atoms with Crippen molar-refractivity contribution in [2.75, 3.05) is 0 Å². The summed E-state index contributed by atoms with van der Waals surface area (Å²) in [7, 11) is 0. The molecule has 0 fully saturated rings. The summed E-state index contributed by atoms with van der Waals surface area (Å²) in [5.74, 6) is 1.28. The lowest BCUT2D eigenvalue weighted by molar-refractivity contribution is 0.103. The summed E-state index contributed by atoms with van der Waals surface area (Å²) in [5, 5.41) is 9.50. The highest BCUT2D eigenvalue weighted by Crippen LogP contribution is 2.26. The Morgan fingerprint density at radius 1 is 0.667 bits per heavy atom. The van der Waals surface area contributed by atoms with E-state index in [1.807, 2.05) is 36.4 Å². The molecule has 0 bridgehead atoms. The topological polar surface area (TPSA) is 50.1 Å². The molecule has 4 rings (SSSR count). The summed E-state index contributed by atoms with van der Waals surface area (Å²) >= 11 is 5.88. The molecule has 0 heterocycles. The van der Waals surface area contributed by atoms with Gasteiger partial charge in [0, 0.05) is 16.1 Å². The van der Waals surface area contributed by atoms with Gasteiger partial charge in [-0.3, -0.25) is 4.79 Å². The van der Waals surface area contributed by atoms with Gasteiger partial charge in [0.15, 0.2) is 5.78 Å². The molecule has 0 aliphatic rings. The number of hydrogen-bond acceptors (Lipinski definition) is 3. The molecule has 144 valence electrons. The molecule has 0 amide bonds. The van der Waals surface area contributed by atoms with Gasteiger partial charge in [-0.05, 0) is 83.9 Å². The Hall–Kier alpha value is -3.87. The van der Waals surface area contributed by atoms with Crippen LogP contribution in [0.4, 0.5) is 0 Å². The van der Waals surface area contributed by atoms with Gasteiger partial charge in [0.25, 0.3) is 0 Å². The van der Waals surface area contributed by atoms with Crippen LogP contribution in [0.15, 0.2) is 97.1 Å². The molecule has 0 radical (unpaired) electrons. The highest BCUT2D eigenvalue weighted by molar-refractivity contribution is 6.30. The van der Waals surface area contributed by atoms with Crippen LogP contribution in [-0.2, 0) is 0 Å². The van der Waals surface area contributed by atoms with E-state index in [9.17, 15) is 4.79 Å². The molecule has 30 heavy (non-hydrogen) atoms. The number of rotatable bonds is 5. The quantitative estimate of drug-likeness (QED) is 0.337. The summed E-state index contributed by atoms with van der Waals surface area (Å²) in [6.07, 6.45) is 0. The van der Waals surface area contributed by atoms with Crippen LogP contribution in [0, 0.1) is 11.3 Å². The number of nitrogens with zero attached hydrogens (tertiary/aromatic N) is 1. The van der Waals surface area contributed by atoms with E-state index in [-0.39, 0.29) is 5.78 Å². The number of ether oxygens (including phenoxy) is 1. The van der Waals surface area contributed by atoms with Crippen molar-refractivity contribution in [2.24, 2.45) is 0 Å². The summed E-state index contributed by atoms with van der Waals surface area (Å²) in [5.41, 5.74) is 3.88. The second-order valence-electron chi connectivity index (χ2n) is 6.68. The molecule has 0 unspecified atom stereocenters. The van der Waals surface area contributed by atoms with Crippen molar-refractivity contribution in [3.05, 3.63) is 119 Å². The Morgan fingerprint density at radius 3 is 1.60 bits per heavy atom. The second kappa shape index (κ2) is 8.65. The largest absolute Gasteiger partial charge is 0.457 e. The molecule has 0 N–H and O–H groups in total. The number of hydrogen-bond donors (Lipinski definition) is 0. The molecule has 0 aliphatic carbocycles. The number of nitriles is 1. The second-order valence-corrected chi connectivity index (χ2v) is 7.11. The zero-order valence-electron chi connectivity index (χ0n) is 15.9. The average Bonchev–Trinajstić information content (AvgIpc) is 2.80. The van der Waals surface area contributed by atoms with Gasteiger partial charge in [-0.1, -0.05) is 35.9 Å². The minimum atomic E-state index is -0.0648. The molecule has 0 aromatic heterocycles.